The number of amides is 1. The van der Waals surface area contributed by atoms with Crippen LogP contribution in [0.15, 0.2) is 42.5 Å². The van der Waals surface area contributed by atoms with Gasteiger partial charge in [-0.2, -0.15) is 0 Å². The number of methoxy groups -OCH3 is 1. The third kappa shape index (κ3) is 5.81. The molecule has 8 nitrogen and oxygen atoms in total. The number of nitrogens with zero attached hydrogens (tertiary/aromatic N) is 1. The minimum atomic E-state index is -1.40. The average molecular weight is 544 g/mol. The van der Waals surface area contributed by atoms with Crippen LogP contribution >= 0.6 is 0 Å². The molecule has 5 rings (SSSR count). The molecular formula is C29H35F2N3O5. The van der Waals surface area contributed by atoms with Crippen LogP contribution in [0.2, 0.25) is 0 Å². The summed E-state index contributed by atoms with van der Waals surface area (Å²) in [6, 6.07) is 13.5. The van der Waals surface area contributed by atoms with E-state index in [0.717, 1.165) is 23.2 Å². The second-order valence-corrected chi connectivity index (χ2v) is 10.2. The minimum absolute atomic E-state index is 0.0337. The van der Waals surface area contributed by atoms with Gasteiger partial charge in [0.1, 0.15) is 24.7 Å². The van der Waals surface area contributed by atoms with Crippen molar-refractivity contribution in [1.82, 2.24) is 15.2 Å². The van der Waals surface area contributed by atoms with Crippen LogP contribution in [0.5, 0.6) is 11.5 Å². The normalized spacial score (nSPS) is 20.2. The van der Waals surface area contributed by atoms with Crippen LogP contribution in [0, 0.1) is 0 Å². The molecule has 0 spiro atoms. The Bertz CT molecular complexity index is 1300. The van der Waals surface area contributed by atoms with E-state index in [4.69, 9.17) is 18.9 Å². The zero-order valence-corrected chi connectivity index (χ0v) is 22.3. The molecule has 2 aliphatic rings. The number of halogens is 2. The van der Waals surface area contributed by atoms with Crippen molar-refractivity contribution in [1.29, 1.82) is 0 Å². The molecule has 1 aromatic heterocycles. The fourth-order valence-electron chi connectivity index (χ4n) is 5.45. The van der Waals surface area contributed by atoms with Crippen molar-refractivity contribution in [3.05, 3.63) is 59.3 Å². The van der Waals surface area contributed by atoms with Crippen LogP contribution in [-0.4, -0.2) is 81.0 Å². The van der Waals surface area contributed by atoms with Gasteiger partial charge in [-0.05, 0) is 49.6 Å². The predicted molar refractivity (Wildman–Crippen MR) is 143 cm³/mol. The summed E-state index contributed by atoms with van der Waals surface area (Å²) < 4.78 is 49.7. The van der Waals surface area contributed by atoms with Crippen molar-refractivity contribution >= 4 is 17.0 Å². The number of aromatic amines is 1. The molecule has 2 atom stereocenters. The zero-order valence-electron chi connectivity index (χ0n) is 22.3. The quantitative estimate of drug-likeness (QED) is 0.341. The molecular weight excluding hydrogens is 508 g/mol. The van der Waals surface area contributed by atoms with Gasteiger partial charge in [0.2, 0.25) is 0 Å². The van der Waals surface area contributed by atoms with E-state index in [1.165, 1.54) is 10.9 Å². The van der Waals surface area contributed by atoms with Gasteiger partial charge in [-0.1, -0.05) is 18.2 Å². The van der Waals surface area contributed by atoms with Gasteiger partial charge >= 0.3 is 6.09 Å². The van der Waals surface area contributed by atoms with E-state index in [2.05, 4.69) is 34.3 Å². The molecule has 1 fully saturated rings. The van der Waals surface area contributed by atoms with Crippen molar-refractivity contribution in [2.75, 3.05) is 53.3 Å². The van der Waals surface area contributed by atoms with Crippen LogP contribution < -0.4 is 14.8 Å². The first-order chi connectivity index (χ1) is 18.9. The van der Waals surface area contributed by atoms with Gasteiger partial charge in [-0.15, -0.1) is 0 Å². The van der Waals surface area contributed by atoms with E-state index in [1.54, 1.807) is 13.2 Å². The molecule has 210 valence electrons. The summed E-state index contributed by atoms with van der Waals surface area (Å²) in [6.07, 6.45) is 0.419. The molecule has 2 aromatic carbocycles. The second-order valence-electron chi connectivity index (χ2n) is 10.2. The smallest absolute Gasteiger partial charge is 0.407 e. The highest BCUT2D eigenvalue weighted by Crippen LogP contribution is 2.45. The summed E-state index contributed by atoms with van der Waals surface area (Å²) in [6.45, 7) is 2.42. The third-order valence-corrected chi connectivity index (χ3v) is 7.37. The van der Waals surface area contributed by atoms with Gasteiger partial charge < -0.3 is 29.2 Å². The summed E-state index contributed by atoms with van der Waals surface area (Å²) in [7, 11) is 1.62. The summed E-state index contributed by atoms with van der Waals surface area (Å²) in [5.41, 5.74) is 2.72. The Labute approximate surface area is 226 Å². The van der Waals surface area contributed by atoms with E-state index in [-0.39, 0.29) is 58.0 Å². The van der Waals surface area contributed by atoms with Crippen LogP contribution in [0.25, 0.3) is 10.9 Å². The molecule has 3 heterocycles. The van der Waals surface area contributed by atoms with E-state index in [1.807, 2.05) is 24.3 Å². The molecule has 1 saturated heterocycles. The topological polar surface area (TPSA) is 85.1 Å². The Morgan fingerprint density at radius 1 is 1.23 bits per heavy atom. The largest absolute Gasteiger partial charge is 0.496 e. The van der Waals surface area contributed by atoms with Crippen molar-refractivity contribution in [2.24, 2.45) is 0 Å². The first-order valence-electron chi connectivity index (χ1n) is 13.3. The highest BCUT2D eigenvalue weighted by molar-refractivity contribution is 5.85. The lowest BCUT2D eigenvalue weighted by Gasteiger charge is -2.46. The number of rotatable bonds is 11. The molecule has 0 unspecified atom stereocenters. The van der Waals surface area contributed by atoms with Crippen molar-refractivity contribution < 1.29 is 32.5 Å². The van der Waals surface area contributed by atoms with Crippen molar-refractivity contribution in [3.63, 3.8) is 0 Å². The Hall–Kier alpha value is -3.37. The van der Waals surface area contributed by atoms with Crippen LogP contribution in [0.1, 0.15) is 36.2 Å². The molecule has 3 aromatic rings. The Balaban J connectivity index is 1.42. The SMILES string of the molecule is COc1ccc(OCCOC(=O)NCCCF)cc1[C@@H]1c2[nH]c3ccccc3c2C[C@@H](C)N1CC1(F)COC1. The fraction of sp³-hybridized carbons (Fsp3) is 0.483. The van der Waals surface area contributed by atoms with Gasteiger partial charge in [-0.25, -0.2) is 9.18 Å². The number of hydrogen-bond donors (Lipinski definition) is 2. The fourth-order valence-corrected chi connectivity index (χ4v) is 5.45. The number of alkyl carbamates (subject to hydrolysis) is 1. The van der Waals surface area contributed by atoms with Crippen molar-refractivity contribution in [2.45, 2.75) is 37.5 Å². The van der Waals surface area contributed by atoms with Crippen LogP contribution in [-0.2, 0) is 15.9 Å². The number of fused-ring (bicyclic) bond motifs is 3. The number of para-hydroxylation sites is 1. The first-order valence-corrected chi connectivity index (χ1v) is 13.3. The lowest BCUT2D eigenvalue weighted by atomic mass is 9.86. The van der Waals surface area contributed by atoms with Gasteiger partial charge in [0, 0.05) is 41.3 Å². The highest BCUT2D eigenvalue weighted by Gasteiger charge is 2.46. The summed E-state index contributed by atoms with van der Waals surface area (Å²) in [5.74, 6) is 1.24. The molecule has 2 aliphatic heterocycles. The molecule has 0 saturated carbocycles. The predicted octanol–water partition coefficient (Wildman–Crippen LogP) is 4.72. The molecule has 1 amide bonds. The van der Waals surface area contributed by atoms with E-state index in [9.17, 15) is 9.18 Å². The average Bonchev–Trinajstić information content (AvgIpc) is 3.28. The van der Waals surface area contributed by atoms with E-state index >= 15 is 4.39 Å². The number of H-pyrrole nitrogens is 1. The number of hydrogen-bond acceptors (Lipinski definition) is 6. The maximum atomic E-state index is 15.5. The molecule has 2 N–H and O–H groups in total. The standard InChI is InChI=1S/C29H35F2N3O5/c1-19-14-22-21-6-3-4-7-24(21)33-26(22)27(34(19)16-29(31)17-37-18-29)23-15-20(8-9-25(23)36-2)38-12-13-39-28(35)32-11-5-10-30/h3-4,6-9,15,19,27,33H,5,10-14,16-18H2,1-2H3,(H,32,35)/t19-,27-/m1/s1. The lowest BCUT2D eigenvalue weighted by molar-refractivity contribution is -0.147. The molecule has 10 heteroatoms. The van der Waals surface area contributed by atoms with Crippen molar-refractivity contribution in [3.8, 4) is 11.5 Å². The van der Waals surface area contributed by atoms with Gasteiger partial charge in [0.15, 0.2) is 5.67 Å². The van der Waals surface area contributed by atoms with Gasteiger partial charge in [0.05, 0.1) is 33.0 Å². The van der Waals surface area contributed by atoms with E-state index < -0.39 is 18.4 Å². The molecule has 0 radical (unpaired) electrons. The van der Waals surface area contributed by atoms with Gasteiger partial charge in [0.25, 0.3) is 0 Å². The van der Waals surface area contributed by atoms with Crippen LogP contribution in [0.3, 0.4) is 0 Å². The Morgan fingerprint density at radius 2 is 2.05 bits per heavy atom. The maximum Gasteiger partial charge on any atom is 0.407 e. The zero-order chi connectivity index (χ0) is 27.4. The third-order valence-electron chi connectivity index (χ3n) is 7.37. The molecule has 39 heavy (non-hydrogen) atoms. The highest BCUT2D eigenvalue weighted by atomic mass is 19.1. The summed E-state index contributed by atoms with van der Waals surface area (Å²) in [4.78, 5) is 17.5. The summed E-state index contributed by atoms with van der Waals surface area (Å²) in [5, 5.41) is 3.65. The minimum Gasteiger partial charge on any atom is -0.496 e. The monoisotopic (exact) mass is 543 g/mol. The van der Waals surface area contributed by atoms with E-state index in [0.29, 0.717) is 11.5 Å². The number of alkyl halides is 2. The van der Waals surface area contributed by atoms with Crippen LogP contribution in [0.4, 0.5) is 13.6 Å². The maximum absolute atomic E-state index is 15.5. The second kappa shape index (κ2) is 11.8. The molecule has 0 bridgehead atoms. The number of ether oxygens (including phenoxy) is 4. The lowest BCUT2D eigenvalue weighted by Crippen LogP contribution is -2.57. The number of benzene rings is 2. The number of carbonyl (C=O) groups is 1. The summed E-state index contributed by atoms with van der Waals surface area (Å²) >= 11 is 0. The number of carbonyl (C=O) groups excluding carboxylic acids is 1. The number of nitrogens with one attached hydrogen (secondary N) is 2. The van der Waals surface area contributed by atoms with Gasteiger partial charge in [-0.3, -0.25) is 9.29 Å². The first kappa shape index (κ1) is 27.2. The Morgan fingerprint density at radius 3 is 2.79 bits per heavy atom. The molecule has 0 aliphatic carbocycles. The Kier molecular flexibility index (Phi) is 8.23. The number of aromatic nitrogens is 1.